The second kappa shape index (κ2) is 23.3. The molecule has 0 atom stereocenters. The van der Waals surface area contributed by atoms with Gasteiger partial charge in [-0.1, -0.05) is 191 Å². The summed E-state index contributed by atoms with van der Waals surface area (Å²) in [7, 11) is 0. The van der Waals surface area contributed by atoms with Gasteiger partial charge in [0.05, 0.1) is 11.0 Å². The van der Waals surface area contributed by atoms with Gasteiger partial charge in [0.1, 0.15) is 0 Å². The van der Waals surface area contributed by atoms with Crippen LogP contribution in [0.4, 0.5) is 22.7 Å². The third-order valence-corrected chi connectivity index (χ3v) is 13.8. The molecule has 4 heteroatoms. The van der Waals surface area contributed by atoms with Crippen LogP contribution in [0.3, 0.4) is 0 Å². The molecule has 2 heterocycles. The van der Waals surface area contributed by atoms with Crippen LogP contribution in [-0.2, 0) is 5.41 Å². The fourth-order valence-corrected chi connectivity index (χ4v) is 10.4. The number of fused-ring (bicyclic) bond motifs is 7. The van der Waals surface area contributed by atoms with Crippen molar-refractivity contribution in [2.24, 2.45) is 0 Å². The molecule has 0 unspecified atom stereocenters. The van der Waals surface area contributed by atoms with Gasteiger partial charge in [0.2, 0.25) is 0 Å². The molecule has 0 aliphatic heterocycles. The summed E-state index contributed by atoms with van der Waals surface area (Å²) in [5.41, 5.74) is 12.9. The number of anilines is 4. The van der Waals surface area contributed by atoms with E-state index in [0.717, 1.165) is 0 Å². The first-order chi connectivity index (χ1) is 36.4. The number of nitrogens with zero attached hydrogens (tertiary/aromatic N) is 4. The van der Waals surface area contributed by atoms with E-state index in [4.69, 9.17) is 0 Å². The number of hydrogen-bond acceptors (Lipinski definition) is 2. The SMILES string of the molecule is CC(C)(C)c1ccc2c(c1)c1ccccc1n2-c1ccccc1.CC(C)N(c1ccccc1)c1cccc2ccccc12.CC(C)N(c1ccccc1)c1ccccc1.CC(C)n1c2ccccc2c2ccccc21. The third kappa shape index (κ3) is 11.4. The molecule has 0 amide bonds. The molecule has 0 fully saturated rings. The standard InChI is InChI=1S/C22H21N.C19H19N.C15H15N.C15H17N/c1-22(2,3)16-13-14-21-19(15-16)18-11-7-8-12-20(18)23(21)17-9-5-4-6-10-17;1-15(2)20(17-11-4-3-5-12-17)19-14-8-10-16-9-6-7-13-18(16)19;1-11(2)16-14-9-5-3-7-12(14)13-8-4-6-10-15(13)16;1-13(2)16(14-9-5-3-6-10-14)15-11-7-4-8-12-15/h4-15H,1-3H3;3-15H,1-2H3;3-11H,1-2H3;3-13H,1-2H3. The zero-order valence-electron chi connectivity index (χ0n) is 45.3. The van der Waals surface area contributed by atoms with Crippen molar-refractivity contribution in [3.05, 3.63) is 260 Å². The smallest absolute Gasteiger partial charge is 0.0541 e. The van der Waals surface area contributed by atoms with Crippen LogP contribution in [-0.4, -0.2) is 21.2 Å². The zero-order valence-corrected chi connectivity index (χ0v) is 45.3. The van der Waals surface area contributed by atoms with Crippen molar-refractivity contribution in [1.29, 1.82) is 0 Å². The lowest BCUT2D eigenvalue weighted by atomic mass is 9.86. The van der Waals surface area contributed by atoms with Gasteiger partial charge in [0, 0.05) is 84.5 Å². The van der Waals surface area contributed by atoms with Crippen molar-refractivity contribution in [3.8, 4) is 5.69 Å². The van der Waals surface area contributed by atoms with Gasteiger partial charge in [0.25, 0.3) is 0 Å². The molecule has 0 spiro atoms. The molecular formula is C71H72N4. The van der Waals surface area contributed by atoms with Crippen LogP contribution in [0.15, 0.2) is 255 Å². The molecule has 0 saturated heterocycles. The van der Waals surface area contributed by atoms with Crippen LogP contribution < -0.4 is 9.80 Å². The molecule has 0 aliphatic carbocycles. The average Bonchev–Trinajstić information content (AvgIpc) is 3.95. The Hall–Kier alpha value is -8.34. The first-order valence-corrected chi connectivity index (χ1v) is 26.7. The van der Waals surface area contributed by atoms with E-state index in [1.807, 2.05) is 12.1 Å². The fourth-order valence-electron chi connectivity index (χ4n) is 10.4. The maximum Gasteiger partial charge on any atom is 0.0541 e. The van der Waals surface area contributed by atoms with E-state index in [0.29, 0.717) is 18.1 Å². The molecule has 12 rings (SSSR count). The highest BCUT2D eigenvalue weighted by Crippen LogP contribution is 2.37. The summed E-state index contributed by atoms with van der Waals surface area (Å²) < 4.78 is 4.77. The highest BCUT2D eigenvalue weighted by atomic mass is 15.2. The molecule has 376 valence electrons. The van der Waals surface area contributed by atoms with Crippen molar-refractivity contribution in [3.63, 3.8) is 0 Å². The minimum absolute atomic E-state index is 0.157. The molecule has 0 N–H and O–H groups in total. The summed E-state index contributed by atoms with van der Waals surface area (Å²) in [5.74, 6) is 0. The predicted molar refractivity (Wildman–Crippen MR) is 327 cm³/mol. The molecular weight excluding hydrogens is 909 g/mol. The molecule has 0 radical (unpaired) electrons. The summed E-state index contributed by atoms with van der Waals surface area (Å²) >= 11 is 0. The molecule has 0 saturated carbocycles. The van der Waals surface area contributed by atoms with Crippen LogP contribution in [0, 0.1) is 0 Å². The van der Waals surface area contributed by atoms with E-state index in [2.05, 4.69) is 324 Å². The van der Waals surface area contributed by atoms with Crippen molar-refractivity contribution in [1.82, 2.24) is 9.13 Å². The van der Waals surface area contributed by atoms with Gasteiger partial charge in [-0.15, -0.1) is 0 Å². The van der Waals surface area contributed by atoms with E-state index in [1.165, 1.54) is 88.4 Å². The fraction of sp³-hybridized carbons (Fsp3) is 0.183. The maximum absolute atomic E-state index is 2.41. The number of benzene rings is 10. The molecule has 10 aromatic carbocycles. The monoisotopic (exact) mass is 981 g/mol. The summed E-state index contributed by atoms with van der Waals surface area (Å²) in [5, 5.41) is 7.94. The summed E-state index contributed by atoms with van der Waals surface area (Å²) in [4.78, 5) is 4.72. The zero-order chi connectivity index (χ0) is 52.5. The normalized spacial score (nSPS) is 11.4. The Morgan fingerprint density at radius 3 is 1.20 bits per heavy atom. The second-order valence-corrected chi connectivity index (χ2v) is 21.1. The van der Waals surface area contributed by atoms with E-state index in [1.54, 1.807) is 0 Å². The minimum Gasteiger partial charge on any atom is -0.339 e. The number of aromatic nitrogens is 2. The lowest BCUT2D eigenvalue weighted by molar-refractivity contribution is 0.591. The lowest BCUT2D eigenvalue weighted by Gasteiger charge is -2.30. The molecule has 4 nitrogen and oxygen atoms in total. The Morgan fingerprint density at radius 2 is 0.720 bits per heavy atom. The number of hydrogen-bond donors (Lipinski definition) is 0. The molecule has 2 aromatic heterocycles. The van der Waals surface area contributed by atoms with Crippen LogP contribution >= 0.6 is 0 Å². The Morgan fingerprint density at radius 1 is 0.333 bits per heavy atom. The topological polar surface area (TPSA) is 16.3 Å². The number of para-hydroxylation sites is 7. The van der Waals surface area contributed by atoms with E-state index >= 15 is 0 Å². The van der Waals surface area contributed by atoms with Gasteiger partial charge in [-0.2, -0.15) is 0 Å². The Bertz CT molecular complexity index is 3630. The van der Waals surface area contributed by atoms with Crippen molar-refractivity contribution >= 4 is 77.1 Å². The maximum atomic E-state index is 2.41. The lowest BCUT2D eigenvalue weighted by Crippen LogP contribution is -2.25. The quantitative estimate of drug-likeness (QED) is 0.151. The predicted octanol–water partition coefficient (Wildman–Crippen LogP) is 20.1. The van der Waals surface area contributed by atoms with Crippen molar-refractivity contribution in [2.45, 2.75) is 85.9 Å². The van der Waals surface area contributed by atoms with E-state index < -0.39 is 0 Å². The van der Waals surface area contributed by atoms with Gasteiger partial charge in [0.15, 0.2) is 0 Å². The first kappa shape index (κ1) is 51.6. The van der Waals surface area contributed by atoms with Gasteiger partial charge >= 0.3 is 0 Å². The molecule has 0 bridgehead atoms. The van der Waals surface area contributed by atoms with Crippen LogP contribution in [0.1, 0.15) is 73.9 Å². The van der Waals surface area contributed by atoms with Gasteiger partial charge in [-0.25, -0.2) is 0 Å². The Kier molecular flexibility index (Phi) is 16.0. The first-order valence-electron chi connectivity index (χ1n) is 26.7. The second-order valence-electron chi connectivity index (χ2n) is 21.1. The van der Waals surface area contributed by atoms with Gasteiger partial charge in [-0.3, -0.25) is 0 Å². The number of rotatable bonds is 8. The van der Waals surface area contributed by atoms with Crippen LogP contribution in [0.25, 0.3) is 60.1 Å². The van der Waals surface area contributed by atoms with E-state index in [-0.39, 0.29) is 5.41 Å². The largest absolute Gasteiger partial charge is 0.339 e. The highest BCUT2D eigenvalue weighted by molar-refractivity contribution is 6.10. The minimum atomic E-state index is 0.157. The van der Waals surface area contributed by atoms with E-state index in [9.17, 15) is 0 Å². The molecule has 75 heavy (non-hydrogen) atoms. The highest BCUT2D eigenvalue weighted by Gasteiger charge is 2.19. The molecule has 0 aliphatic rings. The average molecular weight is 981 g/mol. The van der Waals surface area contributed by atoms with Crippen LogP contribution in [0.2, 0.25) is 0 Å². The molecule has 12 aromatic rings. The van der Waals surface area contributed by atoms with Crippen LogP contribution in [0.5, 0.6) is 0 Å². The Labute approximate surface area is 445 Å². The van der Waals surface area contributed by atoms with Gasteiger partial charge in [-0.05, 0) is 143 Å². The van der Waals surface area contributed by atoms with Gasteiger partial charge < -0.3 is 18.9 Å². The Balaban J connectivity index is 0.000000124. The van der Waals surface area contributed by atoms with Crippen molar-refractivity contribution in [2.75, 3.05) is 9.80 Å². The van der Waals surface area contributed by atoms with Crippen molar-refractivity contribution < 1.29 is 0 Å². The third-order valence-electron chi connectivity index (χ3n) is 13.8. The summed E-state index contributed by atoms with van der Waals surface area (Å²) in [6, 6.07) is 91.4. The summed E-state index contributed by atoms with van der Waals surface area (Å²) in [6.45, 7) is 20.2. The summed E-state index contributed by atoms with van der Waals surface area (Å²) in [6.07, 6.45) is 0.